The molecule has 1 aliphatic rings. The molecule has 3 aromatic carbocycles. The highest BCUT2D eigenvalue weighted by Gasteiger charge is 2.34. The maximum Gasteiger partial charge on any atom is 0.312 e. The number of aromatic hydroxyl groups is 1. The van der Waals surface area contributed by atoms with E-state index in [-0.39, 0.29) is 40.4 Å². The highest BCUT2D eigenvalue weighted by atomic mass is 16.5. The quantitative estimate of drug-likeness (QED) is 0.230. The van der Waals surface area contributed by atoms with Crippen molar-refractivity contribution in [2.24, 2.45) is 5.92 Å². The van der Waals surface area contributed by atoms with E-state index in [1.807, 2.05) is 32.0 Å². The Labute approximate surface area is 229 Å². The summed E-state index contributed by atoms with van der Waals surface area (Å²) >= 11 is 0. The first kappa shape index (κ1) is 25.4. The molecule has 0 radical (unpaired) electrons. The summed E-state index contributed by atoms with van der Waals surface area (Å²) < 4.78 is 18.8. The topological polar surface area (TPSA) is 108 Å². The molecule has 3 heterocycles. The van der Waals surface area contributed by atoms with Crippen LogP contribution in [0.25, 0.3) is 33.0 Å². The number of hydrogen-bond donors (Lipinski definition) is 1. The zero-order valence-corrected chi connectivity index (χ0v) is 22.3. The van der Waals surface area contributed by atoms with Gasteiger partial charge in [-0.25, -0.2) is 0 Å². The van der Waals surface area contributed by atoms with E-state index in [4.69, 9.17) is 13.9 Å². The Morgan fingerprint density at radius 3 is 2.52 bits per heavy atom. The molecule has 0 bridgehead atoms. The number of hydrogen-bond acceptors (Lipinski definition) is 7. The molecule has 0 spiro atoms. The third-order valence-corrected chi connectivity index (χ3v) is 7.31. The fraction of sp³-hybridized carbons (Fsp3) is 0.219. The van der Waals surface area contributed by atoms with Crippen LogP contribution in [0.15, 0.2) is 80.9 Å². The second kappa shape index (κ2) is 9.72. The molecule has 0 amide bonds. The van der Waals surface area contributed by atoms with E-state index >= 15 is 0 Å². The molecule has 2 aromatic heterocycles. The Hall–Kier alpha value is -4.85. The Kier molecular flexibility index (Phi) is 6.18. The lowest BCUT2D eigenvalue weighted by Crippen LogP contribution is -2.31. The number of nitrogens with zero attached hydrogens (tertiary/aromatic N) is 1. The van der Waals surface area contributed by atoms with Crippen molar-refractivity contribution in [3.63, 3.8) is 0 Å². The Morgan fingerprint density at radius 2 is 1.80 bits per heavy atom. The van der Waals surface area contributed by atoms with Crippen LogP contribution >= 0.6 is 0 Å². The fourth-order valence-electron chi connectivity index (χ4n) is 5.47. The van der Waals surface area contributed by atoms with Crippen molar-refractivity contribution in [1.29, 1.82) is 0 Å². The molecule has 1 atom stereocenters. The van der Waals surface area contributed by atoms with Gasteiger partial charge in [0.1, 0.15) is 29.1 Å². The number of methoxy groups -OCH3 is 1. The number of carbonyl (C=O) groups is 1. The van der Waals surface area contributed by atoms with Crippen molar-refractivity contribution in [3.8, 4) is 28.4 Å². The van der Waals surface area contributed by atoms with Gasteiger partial charge in [-0.05, 0) is 60.0 Å². The monoisotopic (exact) mass is 537 g/mol. The minimum Gasteiger partial charge on any atom is -0.508 e. The molecule has 0 saturated heterocycles. The maximum atomic E-state index is 14.0. The molecule has 8 heteroatoms. The van der Waals surface area contributed by atoms with Crippen LogP contribution in [-0.2, 0) is 11.3 Å². The minimum absolute atomic E-state index is 0.0814. The van der Waals surface area contributed by atoms with Crippen LogP contribution in [0.4, 0.5) is 0 Å². The van der Waals surface area contributed by atoms with E-state index in [9.17, 15) is 19.5 Å². The fourth-order valence-corrected chi connectivity index (χ4v) is 5.47. The van der Waals surface area contributed by atoms with Crippen LogP contribution in [0.1, 0.15) is 37.3 Å². The third kappa shape index (κ3) is 4.22. The number of ether oxygens (including phenoxy) is 2. The number of benzene rings is 3. The highest BCUT2D eigenvalue weighted by Crippen LogP contribution is 2.42. The lowest BCUT2D eigenvalue weighted by atomic mass is 9.85. The van der Waals surface area contributed by atoms with Gasteiger partial charge in [0, 0.05) is 29.0 Å². The molecular weight excluding hydrogens is 510 g/mol. The van der Waals surface area contributed by atoms with E-state index in [1.54, 1.807) is 42.0 Å². The van der Waals surface area contributed by atoms with Crippen molar-refractivity contribution < 1.29 is 23.8 Å². The van der Waals surface area contributed by atoms with Crippen LogP contribution in [-0.4, -0.2) is 22.8 Å². The van der Waals surface area contributed by atoms with Gasteiger partial charge in [0.2, 0.25) is 5.43 Å². The predicted molar refractivity (Wildman–Crippen MR) is 151 cm³/mol. The molecule has 40 heavy (non-hydrogen) atoms. The van der Waals surface area contributed by atoms with Crippen LogP contribution in [0, 0.1) is 5.92 Å². The smallest absolute Gasteiger partial charge is 0.312 e. The molecule has 6 rings (SSSR count). The second-order valence-electron chi connectivity index (χ2n) is 10.4. The SMILES string of the molecule is COc1ccc2c(c1)cc([C@H]1CC(=O)Oc3ccc4c(=O)c(-c5ccc(O)cc5)coc4c31)c(=O)n2CC(C)C. The molecule has 1 aliphatic heterocycles. The number of pyridine rings is 1. The molecule has 0 saturated carbocycles. The van der Waals surface area contributed by atoms with Gasteiger partial charge in [-0.15, -0.1) is 0 Å². The maximum absolute atomic E-state index is 14.0. The summed E-state index contributed by atoms with van der Waals surface area (Å²) in [4.78, 5) is 40.4. The van der Waals surface area contributed by atoms with Gasteiger partial charge in [-0.2, -0.15) is 0 Å². The summed E-state index contributed by atoms with van der Waals surface area (Å²) in [5.74, 6) is 0.0251. The van der Waals surface area contributed by atoms with Crippen molar-refractivity contribution >= 4 is 27.8 Å². The van der Waals surface area contributed by atoms with E-state index < -0.39 is 11.9 Å². The number of phenols is 1. The molecule has 5 aromatic rings. The van der Waals surface area contributed by atoms with Crippen molar-refractivity contribution in [1.82, 2.24) is 4.57 Å². The number of phenolic OH excluding ortho intramolecular Hbond substituents is 1. The molecule has 0 aliphatic carbocycles. The summed E-state index contributed by atoms with van der Waals surface area (Å²) in [6, 6.07) is 16.8. The molecule has 1 N–H and O–H groups in total. The standard InChI is InChI=1S/C32H27NO7/c1-17(2)15-33-26-10-8-21(38-3)12-19(26)13-24(32(33)37)23-14-28(35)40-27-11-9-22-30(36)25(16-39-31(22)29(23)27)18-4-6-20(34)7-5-18/h4-13,16-17,23,34H,14-15H2,1-3H3/t23-/m1/s1. The Bertz CT molecular complexity index is 1920. The Balaban J connectivity index is 1.61. The molecule has 0 unspecified atom stereocenters. The van der Waals surface area contributed by atoms with E-state index in [0.29, 0.717) is 39.9 Å². The van der Waals surface area contributed by atoms with Crippen molar-refractivity contribution in [3.05, 3.63) is 98.6 Å². The van der Waals surface area contributed by atoms with Gasteiger partial charge in [-0.3, -0.25) is 14.4 Å². The van der Waals surface area contributed by atoms with Crippen LogP contribution in [0.3, 0.4) is 0 Å². The summed E-state index contributed by atoms with van der Waals surface area (Å²) in [6.45, 7) is 4.56. The molecule has 202 valence electrons. The van der Waals surface area contributed by atoms with Crippen LogP contribution < -0.4 is 20.5 Å². The average Bonchev–Trinajstić information content (AvgIpc) is 2.94. The van der Waals surface area contributed by atoms with Gasteiger partial charge in [-0.1, -0.05) is 26.0 Å². The number of esters is 1. The second-order valence-corrected chi connectivity index (χ2v) is 10.4. The first-order valence-corrected chi connectivity index (χ1v) is 13.0. The zero-order chi connectivity index (χ0) is 28.1. The summed E-state index contributed by atoms with van der Waals surface area (Å²) in [6.07, 6.45) is 1.29. The number of aromatic nitrogens is 1. The lowest BCUT2D eigenvalue weighted by Gasteiger charge is -2.26. The van der Waals surface area contributed by atoms with Gasteiger partial charge in [0.15, 0.2) is 0 Å². The number of rotatable bonds is 5. The molecular formula is C32H27NO7. The van der Waals surface area contributed by atoms with E-state index in [1.165, 1.54) is 18.4 Å². The lowest BCUT2D eigenvalue weighted by molar-refractivity contribution is -0.135. The largest absolute Gasteiger partial charge is 0.508 e. The van der Waals surface area contributed by atoms with Crippen LogP contribution in [0.5, 0.6) is 17.2 Å². The number of fused-ring (bicyclic) bond motifs is 4. The van der Waals surface area contributed by atoms with E-state index in [0.717, 1.165) is 10.9 Å². The van der Waals surface area contributed by atoms with Gasteiger partial charge < -0.3 is 23.6 Å². The molecule has 0 fully saturated rings. The summed E-state index contributed by atoms with van der Waals surface area (Å²) in [7, 11) is 1.58. The zero-order valence-electron chi connectivity index (χ0n) is 22.3. The van der Waals surface area contributed by atoms with Crippen LogP contribution in [0.2, 0.25) is 0 Å². The first-order chi connectivity index (χ1) is 19.2. The van der Waals surface area contributed by atoms with Gasteiger partial charge in [0.05, 0.1) is 30.0 Å². The minimum atomic E-state index is -0.691. The average molecular weight is 538 g/mol. The highest BCUT2D eigenvalue weighted by molar-refractivity contribution is 5.91. The first-order valence-electron chi connectivity index (χ1n) is 13.0. The van der Waals surface area contributed by atoms with Crippen molar-refractivity contribution in [2.75, 3.05) is 7.11 Å². The summed E-state index contributed by atoms with van der Waals surface area (Å²) in [5.41, 5.74) is 2.37. The third-order valence-electron chi connectivity index (χ3n) is 7.31. The summed E-state index contributed by atoms with van der Waals surface area (Å²) in [5, 5.41) is 10.7. The Morgan fingerprint density at radius 1 is 1.02 bits per heavy atom. The van der Waals surface area contributed by atoms with Crippen molar-refractivity contribution in [2.45, 2.75) is 32.7 Å². The predicted octanol–water partition coefficient (Wildman–Crippen LogP) is 5.59. The van der Waals surface area contributed by atoms with Gasteiger partial charge in [0.25, 0.3) is 5.56 Å². The molecule has 8 nitrogen and oxygen atoms in total. The normalized spacial score (nSPS) is 14.9. The number of carbonyl (C=O) groups excluding carboxylic acids is 1. The van der Waals surface area contributed by atoms with E-state index in [2.05, 4.69) is 0 Å². The van der Waals surface area contributed by atoms with Gasteiger partial charge >= 0.3 is 5.97 Å².